The number of nitrogens with one attached hydrogen (secondary N) is 1. The van der Waals surface area contributed by atoms with E-state index in [0.29, 0.717) is 0 Å². The molecule has 1 amide bonds. The molecule has 0 fully saturated rings. The molecule has 0 saturated heterocycles. The Morgan fingerprint density at radius 3 is 2.38 bits per heavy atom. The smallest absolute Gasteiger partial charge is 0.407 e. The lowest BCUT2D eigenvalue weighted by atomic mass is 9.91. The van der Waals surface area contributed by atoms with Crippen molar-refractivity contribution in [3.05, 3.63) is 35.9 Å². The van der Waals surface area contributed by atoms with Crippen LogP contribution in [0.15, 0.2) is 30.3 Å². The quantitative estimate of drug-likeness (QED) is 0.603. The molecule has 1 rings (SSSR count). The maximum Gasteiger partial charge on any atom is 0.407 e. The lowest BCUT2D eigenvalue weighted by Crippen LogP contribution is -2.47. The number of hydrogen-bond donors (Lipinski definition) is 2. The number of methoxy groups -OCH3 is 1. The average Bonchev–Trinajstić information content (AvgIpc) is 2.50. The predicted molar refractivity (Wildman–Crippen MR) is 72.4 cm³/mol. The van der Waals surface area contributed by atoms with Gasteiger partial charge in [0.2, 0.25) is 0 Å². The molecule has 0 saturated carbocycles. The van der Waals surface area contributed by atoms with Crippen LogP contribution in [0, 0.1) is 5.41 Å². The molecule has 0 radical (unpaired) electrons. The highest BCUT2D eigenvalue weighted by Crippen LogP contribution is 2.17. The number of carboxylic acids is 1. The van der Waals surface area contributed by atoms with Gasteiger partial charge in [0.15, 0.2) is 5.41 Å². The zero-order valence-corrected chi connectivity index (χ0v) is 11.8. The standard InChI is InChI=1S/C14H17NO6/c1-14(11(16)17,12(18)20-2)9-15-13(19)21-8-10-6-4-3-5-7-10/h3-7H,8-9H2,1-2H3,(H,15,19)(H,16,17). The van der Waals surface area contributed by atoms with Gasteiger partial charge >= 0.3 is 18.0 Å². The summed E-state index contributed by atoms with van der Waals surface area (Å²) >= 11 is 0. The third kappa shape index (κ3) is 4.48. The molecule has 0 aromatic heterocycles. The van der Waals surface area contributed by atoms with Crippen molar-refractivity contribution in [2.45, 2.75) is 13.5 Å². The third-order valence-corrected chi connectivity index (χ3v) is 2.91. The monoisotopic (exact) mass is 295 g/mol. The van der Waals surface area contributed by atoms with Crippen LogP contribution in [0.4, 0.5) is 4.79 Å². The van der Waals surface area contributed by atoms with Crippen LogP contribution in [0.25, 0.3) is 0 Å². The van der Waals surface area contributed by atoms with Gasteiger partial charge in [0.1, 0.15) is 6.61 Å². The summed E-state index contributed by atoms with van der Waals surface area (Å²) in [5, 5.41) is 11.3. The Hall–Kier alpha value is -2.57. The fourth-order valence-electron chi connectivity index (χ4n) is 1.48. The number of rotatable bonds is 6. The summed E-state index contributed by atoms with van der Waals surface area (Å²) in [5.74, 6) is -2.34. The Morgan fingerprint density at radius 1 is 1.24 bits per heavy atom. The van der Waals surface area contributed by atoms with E-state index in [1.165, 1.54) is 6.92 Å². The summed E-state index contributed by atoms with van der Waals surface area (Å²) in [6, 6.07) is 9.00. The normalized spacial score (nSPS) is 12.9. The van der Waals surface area contributed by atoms with Crippen LogP contribution in [0.2, 0.25) is 0 Å². The molecule has 1 aromatic carbocycles. The maximum atomic E-state index is 11.5. The minimum Gasteiger partial charge on any atom is -0.480 e. The van der Waals surface area contributed by atoms with E-state index in [4.69, 9.17) is 9.84 Å². The highest BCUT2D eigenvalue weighted by atomic mass is 16.5. The number of carbonyl (C=O) groups is 3. The van der Waals surface area contributed by atoms with Crippen molar-refractivity contribution in [3.63, 3.8) is 0 Å². The van der Waals surface area contributed by atoms with E-state index in [-0.39, 0.29) is 6.61 Å². The van der Waals surface area contributed by atoms with Gasteiger partial charge in [-0.2, -0.15) is 0 Å². The first kappa shape index (κ1) is 16.5. The highest BCUT2D eigenvalue weighted by molar-refractivity contribution is 5.99. The zero-order chi connectivity index (χ0) is 15.9. The molecule has 21 heavy (non-hydrogen) atoms. The molecule has 7 heteroatoms. The maximum absolute atomic E-state index is 11.5. The van der Waals surface area contributed by atoms with Gasteiger partial charge < -0.3 is 19.9 Å². The summed E-state index contributed by atoms with van der Waals surface area (Å²) in [7, 11) is 1.08. The number of hydrogen-bond acceptors (Lipinski definition) is 5. The Labute approximate surface area is 121 Å². The summed E-state index contributed by atoms with van der Waals surface area (Å²) in [6.07, 6.45) is -0.810. The van der Waals surface area contributed by atoms with Gasteiger partial charge in [-0.3, -0.25) is 9.59 Å². The van der Waals surface area contributed by atoms with Gasteiger partial charge in [-0.05, 0) is 12.5 Å². The first-order chi connectivity index (χ1) is 9.90. The molecule has 0 heterocycles. The number of benzene rings is 1. The number of alkyl carbamates (subject to hydrolysis) is 1. The lowest BCUT2D eigenvalue weighted by Gasteiger charge is -2.21. The number of carboxylic acid groups (broad SMARTS) is 1. The fourth-order valence-corrected chi connectivity index (χ4v) is 1.48. The van der Waals surface area contributed by atoms with Crippen LogP contribution in [0.5, 0.6) is 0 Å². The van der Waals surface area contributed by atoms with E-state index < -0.39 is 30.0 Å². The third-order valence-electron chi connectivity index (χ3n) is 2.91. The number of amides is 1. The molecule has 0 bridgehead atoms. The molecule has 2 N–H and O–H groups in total. The molecule has 0 spiro atoms. The second-order valence-corrected chi connectivity index (χ2v) is 4.54. The largest absolute Gasteiger partial charge is 0.480 e. The van der Waals surface area contributed by atoms with Crippen LogP contribution in [0.3, 0.4) is 0 Å². The van der Waals surface area contributed by atoms with Crippen molar-refractivity contribution in [3.8, 4) is 0 Å². The summed E-state index contributed by atoms with van der Waals surface area (Å²) in [6.45, 7) is 0.788. The Bertz CT molecular complexity index is 515. The van der Waals surface area contributed by atoms with E-state index in [1.54, 1.807) is 24.3 Å². The van der Waals surface area contributed by atoms with Crippen molar-refractivity contribution in [1.29, 1.82) is 0 Å². The topological polar surface area (TPSA) is 102 Å². The van der Waals surface area contributed by atoms with Crippen molar-refractivity contribution in [2.24, 2.45) is 5.41 Å². The number of esters is 1. The second-order valence-electron chi connectivity index (χ2n) is 4.54. The van der Waals surface area contributed by atoms with Crippen molar-refractivity contribution < 1.29 is 29.0 Å². The molecular formula is C14H17NO6. The average molecular weight is 295 g/mol. The minimum absolute atomic E-state index is 0.0503. The second kappa shape index (κ2) is 7.28. The van der Waals surface area contributed by atoms with Gasteiger partial charge in [-0.25, -0.2) is 4.79 Å². The number of ether oxygens (including phenoxy) is 2. The number of aliphatic carboxylic acids is 1. The summed E-state index contributed by atoms with van der Waals surface area (Å²) < 4.78 is 9.35. The van der Waals surface area contributed by atoms with E-state index in [2.05, 4.69) is 10.1 Å². The first-order valence-corrected chi connectivity index (χ1v) is 6.16. The first-order valence-electron chi connectivity index (χ1n) is 6.16. The predicted octanol–water partition coefficient (Wildman–Crippen LogP) is 1.18. The van der Waals surface area contributed by atoms with Gasteiger partial charge in [0, 0.05) is 6.54 Å². The van der Waals surface area contributed by atoms with Crippen LogP contribution in [-0.2, 0) is 25.7 Å². The fraction of sp³-hybridized carbons (Fsp3) is 0.357. The highest BCUT2D eigenvalue weighted by Gasteiger charge is 2.43. The van der Waals surface area contributed by atoms with E-state index >= 15 is 0 Å². The van der Waals surface area contributed by atoms with Crippen LogP contribution >= 0.6 is 0 Å². The SMILES string of the molecule is COC(=O)C(C)(CNC(=O)OCc1ccccc1)C(=O)O. The van der Waals surface area contributed by atoms with Crippen molar-refractivity contribution in [2.75, 3.05) is 13.7 Å². The van der Waals surface area contributed by atoms with Crippen LogP contribution < -0.4 is 5.32 Å². The van der Waals surface area contributed by atoms with Crippen molar-refractivity contribution in [1.82, 2.24) is 5.32 Å². The molecule has 0 aliphatic carbocycles. The van der Waals surface area contributed by atoms with Gasteiger partial charge in [0.25, 0.3) is 0 Å². The van der Waals surface area contributed by atoms with Gasteiger partial charge in [-0.15, -0.1) is 0 Å². The van der Waals surface area contributed by atoms with Gasteiger partial charge in [-0.1, -0.05) is 30.3 Å². The lowest BCUT2D eigenvalue weighted by molar-refractivity contribution is -0.165. The summed E-state index contributed by atoms with van der Waals surface area (Å²) in [4.78, 5) is 34.1. The molecule has 7 nitrogen and oxygen atoms in total. The van der Waals surface area contributed by atoms with Crippen LogP contribution in [-0.4, -0.2) is 36.8 Å². The molecular weight excluding hydrogens is 278 g/mol. The Balaban J connectivity index is 2.51. The molecule has 0 aliphatic rings. The van der Waals surface area contributed by atoms with Gasteiger partial charge in [0.05, 0.1) is 7.11 Å². The van der Waals surface area contributed by atoms with E-state index in [9.17, 15) is 14.4 Å². The van der Waals surface area contributed by atoms with Crippen LogP contribution in [0.1, 0.15) is 12.5 Å². The molecule has 1 aromatic rings. The van der Waals surface area contributed by atoms with E-state index in [0.717, 1.165) is 12.7 Å². The summed E-state index contributed by atoms with van der Waals surface area (Å²) in [5.41, 5.74) is -1.07. The van der Waals surface area contributed by atoms with Crippen molar-refractivity contribution >= 4 is 18.0 Å². The Kier molecular flexibility index (Phi) is 5.71. The molecule has 0 aliphatic heterocycles. The minimum atomic E-state index is -1.86. The zero-order valence-electron chi connectivity index (χ0n) is 11.8. The number of carbonyl (C=O) groups excluding carboxylic acids is 2. The Morgan fingerprint density at radius 2 is 1.86 bits per heavy atom. The molecule has 1 unspecified atom stereocenters. The van der Waals surface area contributed by atoms with E-state index in [1.807, 2.05) is 6.07 Å². The molecule has 114 valence electrons. The molecule has 1 atom stereocenters.